The number of H-pyrrole nitrogens is 1. The molecular weight excluding hydrogens is 1290 g/mol. The van der Waals surface area contributed by atoms with Crippen molar-refractivity contribution in [2.24, 2.45) is 47.3 Å². The van der Waals surface area contributed by atoms with Gasteiger partial charge in [-0.25, -0.2) is 29.5 Å². The van der Waals surface area contributed by atoms with E-state index in [1.807, 2.05) is 0 Å². The number of carbonyl (C=O) groups excluding carboxylic acids is 12. The van der Waals surface area contributed by atoms with E-state index in [0.717, 1.165) is 9.80 Å². The molecule has 12 unspecified atom stereocenters. The van der Waals surface area contributed by atoms with Crippen LogP contribution in [0.4, 0.5) is 11.5 Å². The number of anilines is 2. The number of aryl methyl sites for hydroxylation is 1. The molecule has 31 heteroatoms. The van der Waals surface area contributed by atoms with Crippen LogP contribution in [0.25, 0.3) is 33.7 Å². The van der Waals surface area contributed by atoms with E-state index in [4.69, 9.17) is 30.3 Å². The van der Waals surface area contributed by atoms with E-state index in [1.165, 1.54) is 83.5 Å². The van der Waals surface area contributed by atoms with Gasteiger partial charge >= 0.3 is 11.9 Å². The van der Waals surface area contributed by atoms with Crippen LogP contribution in [0, 0.1) is 61.2 Å². The Balaban J connectivity index is 0.00000116. The number of ketones is 2. The van der Waals surface area contributed by atoms with Crippen LogP contribution in [0.1, 0.15) is 140 Å². The second kappa shape index (κ2) is 31.1. The summed E-state index contributed by atoms with van der Waals surface area (Å²) >= 11 is 0. The molecule has 0 radical (unpaired) electrons. The summed E-state index contributed by atoms with van der Waals surface area (Å²) in [7, 11) is 5.66. The summed E-state index contributed by atoms with van der Waals surface area (Å²) in [6, 6.07) is -5.71. The fourth-order valence-corrected chi connectivity index (χ4v) is 13.9. The third kappa shape index (κ3) is 15.6. The van der Waals surface area contributed by atoms with Gasteiger partial charge in [-0.05, 0) is 88.7 Å². The van der Waals surface area contributed by atoms with Crippen molar-refractivity contribution in [1.82, 2.24) is 65.8 Å². The standard InChI is InChI=1S/C64H88N10O16.C5H5N5/c1-27(2)44-53(78)35-19-17-21-37(35)61(84)71(13)25-40(75)73(15)50(29(5)6)63(86)88-33(11)46(59(82)67-44)69-57(80)39-24-23-31(9)55-48(39)66-49-42(43(65)52(77)32(10)56(49)90-55)58(81)70-47-34(12)89-64(87)51(30(7)8)74(16)41(76)26-72(14)62(85)38-22-18-20-36(38)54(79)45(28(3)4)68-60(47)83;6-4-3-5(9-1-7-3)10-2-8-4/h23-24,27-30,33-38,44-47,50-51H,17-22,25-26,65H2,1-16H3,(H,67,82)(H,68,83)(H,69,80)(H,70,81);1-2H,(H3,6,7,8,9,10). The molecule has 2 aromatic heterocycles. The lowest BCUT2D eigenvalue weighted by Crippen LogP contribution is -2.59. The largest absolute Gasteiger partial charge is 0.458 e. The third-order valence-electron chi connectivity index (χ3n) is 19.6. The second-order valence-corrected chi connectivity index (χ2v) is 28.1. The van der Waals surface area contributed by atoms with E-state index in [0.29, 0.717) is 61.1 Å². The number of ether oxygens (including phenoxy) is 2. The minimum Gasteiger partial charge on any atom is -0.458 e. The average molecular weight is 1390 g/mol. The number of nitrogens with one attached hydrogen (secondary N) is 5. The first-order chi connectivity index (χ1) is 47.0. The Bertz CT molecular complexity index is 4070. The number of Topliss-reactive ketones (excluding diaryl/α,β-unsaturated/α-hetero) is 2. The summed E-state index contributed by atoms with van der Waals surface area (Å²) in [6.45, 7) is 18.3. The maximum absolute atomic E-state index is 15.2. The van der Waals surface area contributed by atoms with E-state index < -0.39 is 196 Å². The van der Waals surface area contributed by atoms with Crippen molar-refractivity contribution in [3.63, 3.8) is 0 Å². The first kappa shape index (κ1) is 75.8. The SMILES string of the molecule is Cc1c2oc3c(C)ccc(C(=O)NC4C(=O)NC(C(C)C)C(=O)C5CCCC5C(=O)N(C)CC(=O)N(C)C(C(C)C)C(=O)OC4C)c3nc-2c(C(=O)NC2C(=O)NC(C(C)C)C(=O)C3CCCC3C(=O)N(C)CC(=O)N(C)C(C(C)C)C(=O)OC2C)c(N)c1=O.Nc1ncnc2nc[nH]c12. The Morgan fingerprint density at radius 2 is 1.07 bits per heavy atom. The molecule has 9 rings (SSSR count). The van der Waals surface area contributed by atoms with Crippen LogP contribution in [-0.4, -0.2) is 205 Å². The Morgan fingerprint density at radius 1 is 0.610 bits per heavy atom. The molecule has 540 valence electrons. The van der Waals surface area contributed by atoms with Gasteiger partial charge in [-0.15, -0.1) is 0 Å². The van der Waals surface area contributed by atoms with Crippen LogP contribution < -0.4 is 38.2 Å². The molecule has 12 atom stereocenters. The second-order valence-electron chi connectivity index (χ2n) is 28.1. The highest BCUT2D eigenvalue weighted by molar-refractivity contribution is 6.11. The Kier molecular flexibility index (Phi) is 23.5. The number of hydrogen-bond donors (Lipinski definition) is 7. The van der Waals surface area contributed by atoms with Gasteiger partial charge in [-0.3, -0.25) is 52.7 Å². The number of likely N-dealkylation sites (N-methyl/N-ethyl adjacent to an activating group) is 4. The summed E-state index contributed by atoms with van der Waals surface area (Å²) < 4.78 is 18.3. The van der Waals surface area contributed by atoms with Crippen molar-refractivity contribution in [3.05, 3.63) is 57.3 Å². The molecule has 5 heterocycles. The minimum atomic E-state index is -1.86. The van der Waals surface area contributed by atoms with Crippen LogP contribution in [0.3, 0.4) is 0 Å². The normalized spacial score (nSPS) is 26.1. The quantitative estimate of drug-likeness (QED) is 0.0667. The molecule has 6 aliphatic rings. The maximum atomic E-state index is 15.2. The zero-order valence-electron chi connectivity index (χ0n) is 59.5. The number of imidazole rings is 1. The molecule has 3 aliphatic carbocycles. The first-order valence-corrected chi connectivity index (χ1v) is 33.8. The minimum absolute atomic E-state index is 0.0668. The van der Waals surface area contributed by atoms with E-state index >= 15 is 9.59 Å². The molecule has 0 bridgehead atoms. The molecule has 31 nitrogen and oxygen atoms in total. The van der Waals surface area contributed by atoms with Gasteiger partial charge in [0.2, 0.25) is 40.9 Å². The molecule has 3 aliphatic heterocycles. The lowest BCUT2D eigenvalue weighted by atomic mass is 9.83. The van der Waals surface area contributed by atoms with Crippen molar-refractivity contribution in [2.45, 2.75) is 170 Å². The fourth-order valence-electron chi connectivity index (χ4n) is 13.9. The predicted molar refractivity (Wildman–Crippen MR) is 364 cm³/mol. The highest BCUT2D eigenvalue weighted by atomic mass is 16.6. The molecule has 4 fully saturated rings. The lowest BCUT2D eigenvalue weighted by Gasteiger charge is -2.35. The van der Waals surface area contributed by atoms with Crippen molar-refractivity contribution >= 4 is 105 Å². The molecular formula is C69H93N15O16. The molecule has 8 amide bonds. The van der Waals surface area contributed by atoms with Gasteiger partial charge < -0.3 is 71.2 Å². The molecule has 1 aromatic carbocycles. The summed E-state index contributed by atoms with van der Waals surface area (Å²) in [5.41, 5.74) is 10.4. The zero-order chi connectivity index (χ0) is 74.0. The van der Waals surface area contributed by atoms with Gasteiger partial charge in [-0.2, -0.15) is 0 Å². The van der Waals surface area contributed by atoms with Gasteiger partial charge in [0.15, 0.2) is 34.4 Å². The number of rotatable bonds is 8. The molecule has 2 saturated carbocycles. The Labute approximate surface area is 578 Å². The van der Waals surface area contributed by atoms with Crippen LogP contribution in [0.15, 0.2) is 34.0 Å². The number of amides is 8. The van der Waals surface area contributed by atoms with E-state index in [1.54, 1.807) is 62.3 Å². The van der Waals surface area contributed by atoms with Crippen molar-refractivity contribution in [2.75, 3.05) is 52.7 Å². The van der Waals surface area contributed by atoms with Gasteiger partial charge in [0, 0.05) is 57.4 Å². The summed E-state index contributed by atoms with van der Waals surface area (Å²) in [5, 5.41) is 10.8. The van der Waals surface area contributed by atoms with Crippen molar-refractivity contribution in [3.8, 4) is 11.5 Å². The maximum Gasteiger partial charge on any atom is 0.329 e. The van der Waals surface area contributed by atoms with Crippen molar-refractivity contribution in [1.29, 1.82) is 0 Å². The topological polar surface area (TPSA) is 434 Å². The van der Waals surface area contributed by atoms with Crippen LogP contribution in [-0.2, 0) is 57.4 Å². The van der Waals surface area contributed by atoms with E-state index in [9.17, 15) is 52.7 Å². The zero-order valence-corrected chi connectivity index (χ0v) is 59.5. The van der Waals surface area contributed by atoms with Gasteiger partial charge in [0.05, 0.1) is 48.3 Å². The average Bonchev–Trinajstić information content (AvgIpc) is 0.771. The number of cyclic esters (lactones) is 2. The number of carbonyl (C=O) groups is 12. The van der Waals surface area contributed by atoms with Crippen LogP contribution >= 0.6 is 0 Å². The monoisotopic (exact) mass is 1390 g/mol. The number of nitrogens with zero attached hydrogens (tertiary/aromatic N) is 8. The van der Waals surface area contributed by atoms with Gasteiger partial charge in [0.1, 0.15) is 59.4 Å². The number of benzene rings is 2. The van der Waals surface area contributed by atoms with Crippen LogP contribution in [0.2, 0.25) is 0 Å². The van der Waals surface area contributed by atoms with E-state index in [-0.39, 0.29) is 33.7 Å². The number of hydrogen-bond acceptors (Lipinski definition) is 22. The Hall–Kier alpha value is -9.97. The number of nitrogen functional groups attached to an aromatic ring is 2. The smallest absolute Gasteiger partial charge is 0.329 e. The number of nitrogens with two attached hydrogens (primary N) is 2. The highest BCUT2D eigenvalue weighted by Crippen LogP contribution is 2.39. The molecule has 2 saturated heterocycles. The van der Waals surface area contributed by atoms with E-state index in [2.05, 4.69) is 41.2 Å². The lowest BCUT2D eigenvalue weighted by molar-refractivity contribution is -0.163. The summed E-state index contributed by atoms with van der Waals surface area (Å²) in [5.74, 6) is -14.5. The summed E-state index contributed by atoms with van der Waals surface area (Å²) in [4.78, 5) is 211. The van der Waals surface area contributed by atoms with Crippen LogP contribution in [0.5, 0.6) is 0 Å². The molecule has 100 heavy (non-hydrogen) atoms. The Morgan fingerprint density at radius 3 is 1.52 bits per heavy atom. The number of esters is 2. The van der Waals surface area contributed by atoms with Gasteiger partial charge in [0.25, 0.3) is 11.8 Å². The molecule has 3 aromatic rings. The number of aromatic nitrogens is 5. The molecule has 0 spiro atoms. The fraction of sp³-hybridized carbons (Fsp3) is 0.580. The predicted octanol–water partition coefficient (Wildman–Crippen LogP) is 2.65. The number of fused-ring (bicyclic) bond motifs is 5. The third-order valence-corrected chi connectivity index (χ3v) is 19.6. The number of aromatic amines is 1. The van der Waals surface area contributed by atoms with Crippen molar-refractivity contribution < 1.29 is 71.4 Å². The van der Waals surface area contributed by atoms with Gasteiger partial charge in [-0.1, -0.05) is 74.3 Å². The highest BCUT2D eigenvalue weighted by Gasteiger charge is 2.48. The molecule has 9 N–H and O–H groups in total. The first-order valence-electron chi connectivity index (χ1n) is 33.8. The summed E-state index contributed by atoms with van der Waals surface area (Å²) in [6.07, 6.45) is 2.27.